The molecule has 104 valence electrons. The SMILES string of the molecule is Cn1cncc1C(=O)Nc1ncc(-c2ccccn2)cn1. The molecule has 7 heteroatoms. The van der Waals surface area contributed by atoms with Gasteiger partial charge in [-0.2, -0.15) is 0 Å². The summed E-state index contributed by atoms with van der Waals surface area (Å²) in [6, 6.07) is 5.60. The maximum absolute atomic E-state index is 12.0. The molecule has 21 heavy (non-hydrogen) atoms. The highest BCUT2D eigenvalue weighted by atomic mass is 16.2. The van der Waals surface area contributed by atoms with Crippen LogP contribution in [0.2, 0.25) is 0 Å². The van der Waals surface area contributed by atoms with Crippen LogP contribution in [0.3, 0.4) is 0 Å². The second-order valence-electron chi connectivity index (χ2n) is 4.35. The lowest BCUT2D eigenvalue weighted by atomic mass is 10.2. The molecule has 0 saturated heterocycles. The van der Waals surface area contributed by atoms with E-state index in [1.807, 2.05) is 18.2 Å². The second kappa shape index (κ2) is 5.49. The van der Waals surface area contributed by atoms with Crippen LogP contribution in [-0.2, 0) is 7.05 Å². The van der Waals surface area contributed by atoms with Crippen LogP contribution in [0.4, 0.5) is 5.95 Å². The van der Waals surface area contributed by atoms with Gasteiger partial charge in [-0.25, -0.2) is 15.0 Å². The number of carbonyl (C=O) groups is 1. The van der Waals surface area contributed by atoms with Gasteiger partial charge in [0, 0.05) is 31.2 Å². The van der Waals surface area contributed by atoms with E-state index in [0.717, 1.165) is 11.3 Å². The Morgan fingerprint density at radius 3 is 2.57 bits per heavy atom. The first-order chi connectivity index (χ1) is 10.2. The van der Waals surface area contributed by atoms with Crippen molar-refractivity contribution in [2.75, 3.05) is 5.32 Å². The van der Waals surface area contributed by atoms with Gasteiger partial charge in [0.05, 0.1) is 18.2 Å². The molecular weight excluding hydrogens is 268 g/mol. The number of aromatic nitrogens is 5. The molecule has 3 aromatic heterocycles. The fourth-order valence-electron chi connectivity index (χ4n) is 1.80. The van der Waals surface area contributed by atoms with E-state index in [2.05, 4.69) is 25.3 Å². The summed E-state index contributed by atoms with van der Waals surface area (Å²) in [7, 11) is 1.74. The van der Waals surface area contributed by atoms with Crippen LogP contribution in [0.1, 0.15) is 10.5 Å². The van der Waals surface area contributed by atoms with Crippen molar-refractivity contribution in [2.45, 2.75) is 0 Å². The number of nitrogens with one attached hydrogen (secondary N) is 1. The van der Waals surface area contributed by atoms with E-state index in [9.17, 15) is 4.79 Å². The van der Waals surface area contributed by atoms with Crippen LogP contribution in [0.15, 0.2) is 49.3 Å². The number of hydrogen-bond acceptors (Lipinski definition) is 5. The molecule has 1 N–H and O–H groups in total. The summed E-state index contributed by atoms with van der Waals surface area (Å²) in [5.41, 5.74) is 2.00. The Morgan fingerprint density at radius 2 is 1.95 bits per heavy atom. The Hall–Kier alpha value is -3.09. The quantitative estimate of drug-likeness (QED) is 0.786. The monoisotopic (exact) mass is 280 g/mol. The number of aryl methyl sites for hydroxylation is 1. The third-order valence-electron chi connectivity index (χ3n) is 2.89. The largest absolute Gasteiger partial charge is 0.330 e. The van der Waals surface area contributed by atoms with Gasteiger partial charge < -0.3 is 4.57 Å². The van der Waals surface area contributed by atoms with Gasteiger partial charge in [-0.15, -0.1) is 0 Å². The number of rotatable bonds is 3. The van der Waals surface area contributed by atoms with E-state index in [4.69, 9.17) is 0 Å². The van der Waals surface area contributed by atoms with Crippen molar-refractivity contribution < 1.29 is 4.79 Å². The van der Waals surface area contributed by atoms with Crippen LogP contribution in [0, 0.1) is 0 Å². The molecule has 3 heterocycles. The van der Waals surface area contributed by atoms with Crippen molar-refractivity contribution in [1.82, 2.24) is 24.5 Å². The van der Waals surface area contributed by atoms with Crippen molar-refractivity contribution in [3.8, 4) is 11.3 Å². The minimum absolute atomic E-state index is 0.237. The van der Waals surface area contributed by atoms with Crippen molar-refractivity contribution in [1.29, 1.82) is 0 Å². The van der Waals surface area contributed by atoms with Gasteiger partial charge in [-0.05, 0) is 12.1 Å². The fraction of sp³-hybridized carbons (Fsp3) is 0.0714. The molecule has 0 fully saturated rings. The first-order valence-electron chi connectivity index (χ1n) is 6.25. The molecule has 0 radical (unpaired) electrons. The summed E-state index contributed by atoms with van der Waals surface area (Å²) in [6.07, 6.45) is 7.98. The molecule has 7 nitrogen and oxygen atoms in total. The van der Waals surface area contributed by atoms with E-state index >= 15 is 0 Å². The molecule has 3 aromatic rings. The van der Waals surface area contributed by atoms with E-state index in [1.54, 1.807) is 36.5 Å². The van der Waals surface area contributed by atoms with Gasteiger partial charge in [0.15, 0.2) is 0 Å². The Kier molecular flexibility index (Phi) is 3.38. The molecule has 0 atom stereocenters. The molecule has 0 aliphatic heterocycles. The maximum Gasteiger partial charge on any atom is 0.276 e. The Labute approximate surface area is 120 Å². The van der Waals surface area contributed by atoms with Gasteiger partial charge in [0.25, 0.3) is 5.91 Å². The summed E-state index contributed by atoms with van der Waals surface area (Å²) in [6.45, 7) is 0. The number of amides is 1. The lowest BCUT2D eigenvalue weighted by molar-refractivity contribution is 0.101. The minimum atomic E-state index is -0.305. The zero-order valence-corrected chi connectivity index (χ0v) is 11.3. The number of anilines is 1. The summed E-state index contributed by atoms with van der Waals surface area (Å²) in [5, 5.41) is 2.62. The molecule has 0 bridgehead atoms. The summed E-state index contributed by atoms with van der Waals surface area (Å²) < 4.78 is 1.62. The lowest BCUT2D eigenvalue weighted by Crippen LogP contribution is -2.17. The molecule has 0 unspecified atom stereocenters. The smallest absolute Gasteiger partial charge is 0.276 e. The van der Waals surface area contributed by atoms with Crippen LogP contribution in [-0.4, -0.2) is 30.4 Å². The van der Waals surface area contributed by atoms with E-state index in [1.165, 1.54) is 6.20 Å². The Balaban J connectivity index is 1.76. The van der Waals surface area contributed by atoms with Crippen molar-refractivity contribution in [3.63, 3.8) is 0 Å². The van der Waals surface area contributed by atoms with Gasteiger partial charge in [0.1, 0.15) is 5.69 Å². The van der Waals surface area contributed by atoms with Crippen molar-refractivity contribution >= 4 is 11.9 Å². The number of carbonyl (C=O) groups excluding carboxylic acids is 1. The molecule has 3 rings (SSSR count). The molecule has 1 amide bonds. The van der Waals surface area contributed by atoms with Gasteiger partial charge in [-0.3, -0.25) is 15.1 Å². The highest BCUT2D eigenvalue weighted by Crippen LogP contribution is 2.14. The van der Waals surface area contributed by atoms with Gasteiger partial charge >= 0.3 is 0 Å². The summed E-state index contributed by atoms with van der Waals surface area (Å²) >= 11 is 0. The number of pyridine rings is 1. The second-order valence-corrected chi connectivity index (χ2v) is 4.35. The molecule has 0 aromatic carbocycles. The van der Waals surface area contributed by atoms with Gasteiger partial charge in [-0.1, -0.05) is 6.07 Å². The first-order valence-corrected chi connectivity index (χ1v) is 6.25. The fourth-order valence-corrected chi connectivity index (χ4v) is 1.80. The van der Waals surface area contributed by atoms with E-state index in [-0.39, 0.29) is 11.9 Å². The van der Waals surface area contributed by atoms with Gasteiger partial charge in [0.2, 0.25) is 5.95 Å². The molecular formula is C14H12N6O. The third kappa shape index (κ3) is 2.76. The highest BCUT2D eigenvalue weighted by Gasteiger charge is 2.11. The van der Waals surface area contributed by atoms with Crippen LogP contribution in [0.25, 0.3) is 11.3 Å². The van der Waals surface area contributed by atoms with E-state index < -0.39 is 0 Å². The summed E-state index contributed by atoms with van der Waals surface area (Å²) in [5.74, 6) is -0.0681. The predicted octanol–water partition coefficient (Wildman–Crippen LogP) is 1.52. The molecule has 0 aliphatic rings. The van der Waals surface area contributed by atoms with Crippen LogP contribution < -0.4 is 5.32 Å². The molecule has 0 spiro atoms. The van der Waals surface area contributed by atoms with Crippen LogP contribution >= 0.6 is 0 Å². The maximum atomic E-state index is 12.0. The minimum Gasteiger partial charge on any atom is -0.330 e. The third-order valence-corrected chi connectivity index (χ3v) is 2.89. The summed E-state index contributed by atoms with van der Waals surface area (Å²) in [4.78, 5) is 28.3. The average molecular weight is 280 g/mol. The Bertz CT molecular complexity index is 751. The predicted molar refractivity (Wildman–Crippen MR) is 76.4 cm³/mol. The zero-order valence-electron chi connectivity index (χ0n) is 11.3. The number of nitrogens with zero attached hydrogens (tertiary/aromatic N) is 5. The zero-order chi connectivity index (χ0) is 14.7. The molecule has 0 saturated carbocycles. The van der Waals surface area contributed by atoms with Crippen molar-refractivity contribution in [2.24, 2.45) is 7.05 Å². The van der Waals surface area contributed by atoms with E-state index in [0.29, 0.717) is 5.69 Å². The number of hydrogen-bond donors (Lipinski definition) is 1. The van der Waals surface area contributed by atoms with Crippen LogP contribution in [0.5, 0.6) is 0 Å². The number of imidazole rings is 1. The van der Waals surface area contributed by atoms with Crippen molar-refractivity contribution in [3.05, 3.63) is 55.0 Å². The topological polar surface area (TPSA) is 85.6 Å². The average Bonchev–Trinajstić information content (AvgIpc) is 2.95. The first kappa shape index (κ1) is 12.9. The lowest BCUT2D eigenvalue weighted by Gasteiger charge is -2.04. The highest BCUT2D eigenvalue weighted by molar-refractivity contribution is 6.01. The standard InChI is InChI=1S/C14H12N6O/c1-20-9-15-8-12(20)13(21)19-14-17-6-10(7-18-14)11-4-2-3-5-16-11/h2-9H,1H3,(H,17,18,19,21). The molecule has 0 aliphatic carbocycles. The Morgan fingerprint density at radius 1 is 1.14 bits per heavy atom. The normalized spacial score (nSPS) is 10.3.